The normalized spacial score (nSPS) is 11.5. The molecule has 1 radical (unpaired) electrons. The summed E-state index contributed by atoms with van der Waals surface area (Å²) in [5.41, 5.74) is 15.2. The van der Waals surface area contributed by atoms with Gasteiger partial charge in [0.2, 0.25) is 0 Å². The number of furan rings is 1. The maximum Gasteiger partial charge on any atom is 0.121 e. The van der Waals surface area contributed by atoms with E-state index in [1.54, 1.807) is 0 Å². The molecule has 7 aromatic carbocycles. The molecule has 0 aliphatic heterocycles. The van der Waals surface area contributed by atoms with Crippen LogP contribution in [0.2, 0.25) is 0 Å². The van der Waals surface area contributed by atoms with Gasteiger partial charge in [0.05, 0.1) is 22.4 Å². The molecule has 0 saturated carbocycles. The first-order valence-electron chi connectivity index (χ1n) is 21.2. The number of hydrogen-bond acceptors (Lipinski definition) is 3. The smallest absolute Gasteiger partial charge is 0.121 e. The zero-order valence-electron chi connectivity index (χ0n) is 36.0. The number of para-hydroxylation sites is 2. The van der Waals surface area contributed by atoms with Crippen molar-refractivity contribution in [2.24, 2.45) is 0 Å². The SMILES string of the molecule is CC(C)(c1[c-]cccc1)c1ccccn1.CC(C)c1cc(-c2ccccc2)cc(C(C)C)c1-n1c(-c2[c-]ccc3c2oc2cc(-c4ccccc4)ccc23)nc2ccccc21.[Ir]. The van der Waals surface area contributed by atoms with Gasteiger partial charge in [-0.05, 0) is 87.7 Å². The van der Waals surface area contributed by atoms with Gasteiger partial charge >= 0.3 is 0 Å². The fourth-order valence-corrected chi connectivity index (χ4v) is 8.41. The number of aromatic nitrogens is 3. The Morgan fingerprint density at radius 3 is 1.87 bits per heavy atom. The molecule has 10 rings (SSSR count). The average Bonchev–Trinajstić information content (AvgIpc) is 3.88. The van der Waals surface area contributed by atoms with E-state index in [0.29, 0.717) is 0 Å². The van der Waals surface area contributed by atoms with Gasteiger partial charge in [0.1, 0.15) is 5.58 Å². The van der Waals surface area contributed by atoms with Crippen molar-refractivity contribution in [3.8, 4) is 39.3 Å². The van der Waals surface area contributed by atoms with Crippen LogP contribution in [0.5, 0.6) is 0 Å². The Kier molecular flexibility index (Phi) is 12.2. The summed E-state index contributed by atoms with van der Waals surface area (Å²) in [5.74, 6) is 1.41. The summed E-state index contributed by atoms with van der Waals surface area (Å²) in [4.78, 5) is 9.70. The van der Waals surface area contributed by atoms with E-state index in [9.17, 15) is 0 Å². The Bertz CT molecular complexity index is 3020. The van der Waals surface area contributed by atoms with Crippen LogP contribution >= 0.6 is 0 Å². The van der Waals surface area contributed by atoms with Crippen LogP contribution in [0.4, 0.5) is 0 Å². The van der Waals surface area contributed by atoms with E-state index in [1.807, 2.05) is 48.7 Å². The molecular formula is C57H49IrN3O-2. The molecule has 3 aromatic heterocycles. The van der Waals surface area contributed by atoms with Crippen LogP contribution in [0, 0.1) is 12.1 Å². The third-order valence-corrected chi connectivity index (χ3v) is 11.8. The van der Waals surface area contributed by atoms with Crippen molar-refractivity contribution in [1.82, 2.24) is 14.5 Å². The Morgan fingerprint density at radius 1 is 0.581 bits per heavy atom. The number of pyridine rings is 1. The Morgan fingerprint density at radius 2 is 1.23 bits per heavy atom. The Hall–Kier alpha value is -6.39. The van der Waals surface area contributed by atoms with Gasteiger partial charge in [-0.1, -0.05) is 143 Å². The van der Waals surface area contributed by atoms with Gasteiger partial charge < -0.3 is 8.98 Å². The fourth-order valence-electron chi connectivity index (χ4n) is 8.41. The van der Waals surface area contributed by atoms with E-state index in [0.717, 1.165) is 55.6 Å². The first-order valence-corrected chi connectivity index (χ1v) is 21.2. The van der Waals surface area contributed by atoms with E-state index in [1.165, 1.54) is 39.1 Å². The molecule has 0 unspecified atom stereocenters. The predicted molar refractivity (Wildman–Crippen MR) is 253 cm³/mol. The molecule has 309 valence electrons. The van der Waals surface area contributed by atoms with Crippen molar-refractivity contribution in [3.05, 3.63) is 211 Å². The maximum absolute atomic E-state index is 6.73. The molecule has 0 spiro atoms. The summed E-state index contributed by atoms with van der Waals surface area (Å²) in [6.45, 7) is 13.5. The van der Waals surface area contributed by atoms with E-state index in [-0.39, 0.29) is 37.4 Å². The predicted octanol–water partition coefficient (Wildman–Crippen LogP) is 15.2. The third-order valence-electron chi connectivity index (χ3n) is 11.8. The summed E-state index contributed by atoms with van der Waals surface area (Å²) in [6.07, 6.45) is 1.83. The molecule has 0 aliphatic carbocycles. The van der Waals surface area contributed by atoms with Gasteiger partial charge in [0.25, 0.3) is 0 Å². The number of fused-ring (bicyclic) bond motifs is 4. The van der Waals surface area contributed by atoms with E-state index < -0.39 is 0 Å². The molecule has 10 aromatic rings. The van der Waals surface area contributed by atoms with Crippen molar-refractivity contribution in [3.63, 3.8) is 0 Å². The Balaban J connectivity index is 0.000000280. The molecule has 0 saturated heterocycles. The largest absolute Gasteiger partial charge is 0.501 e. The fraction of sp³-hybridized carbons (Fsp3) is 0.158. The molecule has 0 bridgehead atoms. The first kappa shape index (κ1) is 42.3. The second-order valence-electron chi connectivity index (χ2n) is 16.8. The first-order chi connectivity index (χ1) is 29.7. The molecule has 62 heavy (non-hydrogen) atoms. The zero-order valence-corrected chi connectivity index (χ0v) is 38.4. The van der Waals surface area contributed by atoms with Crippen LogP contribution < -0.4 is 0 Å². The summed E-state index contributed by atoms with van der Waals surface area (Å²) in [6, 6.07) is 65.8. The topological polar surface area (TPSA) is 43.9 Å². The van der Waals surface area contributed by atoms with Crippen molar-refractivity contribution in [2.45, 2.75) is 58.8 Å². The Labute approximate surface area is 378 Å². The minimum atomic E-state index is -0.0808. The molecular weight excluding hydrogens is 935 g/mol. The monoisotopic (exact) mass is 984 g/mol. The van der Waals surface area contributed by atoms with Crippen molar-refractivity contribution in [1.29, 1.82) is 0 Å². The van der Waals surface area contributed by atoms with Gasteiger partial charge in [-0.3, -0.25) is 9.97 Å². The summed E-state index contributed by atoms with van der Waals surface area (Å²) in [5, 5.41) is 2.15. The van der Waals surface area contributed by atoms with Crippen LogP contribution in [0.3, 0.4) is 0 Å². The third kappa shape index (κ3) is 8.07. The summed E-state index contributed by atoms with van der Waals surface area (Å²) < 4.78 is 9.10. The number of imidazole rings is 1. The molecule has 0 amide bonds. The number of benzene rings is 7. The van der Waals surface area contributed by atoms with Crippen LogP contribution in [0.15, 0.2) is 180 Å². The molecule has 4 nitrogen and oxygen atoms in total. The van der Waals surface area contributed by atoms with Crippen LogP contribution in [0.25, 0.3) is 72.3 Å². The standard InChI is InChI=1S/C43H35N2O.C14H14N.Ir/c1-27(2)36-24-32(30-16-9-6-10-17-30)25-37(28(3)4)41(36)45-39-21-12-11-20-38(39)44-43(45)35-19-13-18-34-33-23-22-31(26-40(33)46-42(34)35)29-14-7-5-8-15-29;1-14(2,12-8-4-3-5-9-12)13-10-6-7-11-15-13;/h5-18,20-28H,1-4H3;3-8,10-11H,1-2H3;/q2*-1;. The zero-order chi connectivity index (χ0) is 42.1. The van der Waals surface area contributed by atoms with Gasteiger partial charge in [-0.15, -0.1) is 18.2 Å². The molecule has 3 heterocycles. The molecule has 0 atom stereocenters. The van der Waals surface area contributed by atoms with E-state index in [4.69, 9.17) is 9.40 Å². The molecule has 0 aliphatic rings. The summed E-state index contributed by atoms with van der Waals surface area (Å²) >= 11 is 0. The van der Waals surface area contributed by atoms with Gasteiger partial charge in [0.15, 0.2) is 0 Å². The minimum absolute atomic E-state index is 0. The van der Waals surface area contributed by atoms with Gasteiger partial charge in [-0.2, -0.15) is 35.9 Å². The number of hydrogen-bond donors (Lipinski definition) is 0. The average molecular weight is 984 g/mol. The van der Waals surface area contributed by atoms with Gasteiger partial charge in [-0.25, -0.2) is 0 Å². The van der Waals surface area contributed by atoms with Crippen molar-refractivity contribution in [2.75, 3.05) is 0 Å². The van der Waals surface area contributed by atoms with Gasteiger partial charge in [0, 0.05) is 48.5 Å². The van der Waals surface area contributed by atoms with Crippen LogP contribution in [-0.2, 0) is 25.5 Å². The van der Waals surface area contributed by atoms with E-state index >= 15 is 0 Å². The van der Waals surface area contributed by atoms with Crippen LogP contribution in [0.1, 0.15) is 75.8 Å². The molecule has 5 heteroatoms. The summed E-state index contributed by atoms with van der Waals surface area (Å²) in [7, 11) is 0. The quantitative estimate of drug-likeness (QED) is 0.143. The van der Waals surface area contributed by atoms with Crippen molar-refractivity contribution < 1.29 is 24.5 Å². The maximum atomic E-state index is 6.73. The van der Waals surface area contributed by atoms with Crippen LogP contribution in [-0.4, -0.2) is 14.5 Å². The second kappa shape index (κ2) is 17.9. The van der Waals surface area contributed by atoms with Crippen molar-refractivity contribution >= 4 is 33.0 Å². The number of nitrogens with zero attached hydrogens (tertiary/aromatic N) is 3. The minimum Gasteiger partial charge on any atom is -0.501 e. The number of rotatable bonds is 8. The second-order valence-corrected chi connectivity index (χ2v) is 16.8. The van der Waals surface area contributed by atoms with E-state index in [2.05, 4.69) is 191 Å². The molecule has 0 N–H and O–H groups in total. The molecule has 0 fully saturated rings.